The van der Waals surface area contributed by atoms with Gasteiger partial charge in [0.25, 0.3) is 0 Å². The molecule has 0 aliphatic rings. The highest BCUT2D eigenvalue weighted by atomic mass is 80.0. The van der Waals surface area contributed by atoms with Gasteiger partial charge >= 0.3 is 5.97 Å². The van der Waals surface area contributed by atoms with Crippen LogP contribution in [-0.4, -0.2) is 29.6 Å². The van der Waals surface area contributed by atoms with Gasteiger partial charge < -0.3 is 9.47 Å². The summed E-state index contributed by atoms with van der Waals surface area (Å²) in [7, 11) is -2.37. The molecule has 9 heteroatoms. The van der Waals surface area contributed by atoms with Gasteiger partial charge in [-0.1, -0.05) is 0 Å². The van der Waals surface area contributed by atoms with Crippen LogP contribution in [0.5, 0.6) is 5.75 Å². The maximum Gasteiger partial charge on any atom is 0.343 e. The van der Waals surface area contributed by atoms with Gasteiger partial charge in [0, 0.05) is 0 Å². The summed E-state index contributed by atoms with van der Waals surface area (Å²) in [5, 5.41) is 0. The Balaban J connectivity index is 2.86. The standard InChI is InChI=1S/C10H9Br3O5S/c1-17-9(14)6-18-7-2-4-8(5-3-7)19(15,16)10(11,12)13/h2-5H,6H2,1H3. The molecule has 0 unspecified atom stereocenters. The highest BCUT2D eigenvalue weighted by molar-refractivity contribution is 9.42. The van der Waals surface area contributed by atoms with Crippen molar-refractivity contribution in [1.29, 1.82) is 0 Å². The van der Waals surface area contributed by atoms with Gasteiger partial charge in [-0.15, -0.1) is 0 Å². The Hall–Kier alpha value is -0.120. The number of ether oxygens (including phenoxy) is 2. The zero-order chi connectivity index (χ0) is 14.7. The number of sulfone groups is 1. The average molecular weight is 481 g/mol. The predicted molar refractivity (Wildman–Crippen MR) is 80.7 cm³/mol. The van der Waals surface area contributed by atoms with Gasteiger partial charge in [0.05, 0.1) is 12.0 Å². The summed E-state index contributed by atoms with van der Waals surface area (Å²) in [6.45, 7) is -0.234. The van der Waals surface area contributed by atoms with Crippen LogP contribution in [0.15, 0.2) is 29.2 Å². The molecular formula is C10H9Br3O5S. The van der Waals surface area contributed by atoms with Gasteiger partial charge in [-0.2, -0.15) is 0 Å². The highest BCUT2D eigenvalue weighted by Gasteiger charge is 2.37. The zero-order valence-electron chi connectivity index (χ0n) is 9.60. The van der Waals surface area contributed by atoms with E-state index in [0.29, 0.717) is 5.75 Å². The number of hydrogen-bond donors (Lipinski definition) is 0. The molecule has 0 saturated carbocycles. The molecule has 0 N–H and O–H groups in total. The molecule has 1 aromatic carbocycles. The summed E-state index contributed by atoms with van der Waals surface area (Å²) in [6, 6.07) is 5.66. The Morgan fingerprint density at radius 3 is 2.16 bits per heavy atom. The van der Waals surface area contributed by atoms with Crippen molar-refractivity contribution in [3.63, 3.8) is 0 Å². The van der Waals surface area contributed by atoms with Crippen molar-refractivity contribution in [1.82, 2.24) is 0 Å². The van der Waals surface area contributed by atoms with E-state index in [9.17, 15) is 13.2 Å². The van der Waals surface area contributed by atoms with Crippen molar-refractivity contribution in [2.75, 3.05) is 13.7 Å². The highest BCUT2D eigenvalue weighted by Crippen LogP contribution is 2.43. The first kappa shape index (κ1) is 16.9. The monoisotopic (exact) mass is 478 g/mol. The Morgan fingerprint density at radius 1 is 1.21 bits per heavy atom. The number of methoxy groups -OCH3 is 1. The number of hydrogen-bond acceptors (Lipinski definition) is 5. The van der Waals surface area contributed by atoms with E-state index in [1.165, 1.54) is 31.4 Å². The van der Waals surface area contributed by atoms with Gasteiger partial charge in [0.2, 0.25) is 11.3 Å². The minimum Gasteiger partial charge on any atom is -0.482 e. The quantitative estimate of drug-likeness (QED) is 0.489. The van der Waals surface area contributed by atoms with Crippen molar-refractivity contribution < 1.29 is 22.7 Å². The lowest BCUT2D eigenvalue weighted by Crippen LogP contribution is -2.17. The molecule has 1 rings (SSSR count). The second-order valence-electron chi connectivity index (χ2n) is 3.29. The SMILES string of the molecule is COC(=O)COc1ccc(S(=O)(=O)C(Br)(Br)Br)cc1. The zero-order valence-corrected chi connectivity index (χ0v) is 15.2. The first-order valence-corrected chi connectivity index (χ1v) is 8.65. The molecule has 0 aliphatic carbocycles. The van der Waals surface area contributed by atoms with Crippen molar-refractivity contribution in [3.8, 4) is 5.75 Å². The normalized spacial score (nSPS) is 12.0. The van der Waals surface area contributed by atoms with Crippen LogP contribution >= 0.6 is 47.8 Å². The molecule has 0 saturated heterocycles. The van der Waals surface area contributed by atoms with Crippen molar-refractivity contribution in [2.45, 2.75) is 6.37 Å². The smallest absolute Gasteiger partial charge is 0.343 e. The molecule has 0 bridgehead atoms. The first-order chi connectivity index (χ1) is 8.68. The molecule has 1 aromatic rings. The fraction of sp³-hybridized carbons (Fsp3) is 0.300. The molecule has 0 aliphatic heterocycles. The van der Waals surface area contributed by atoms with Crippen LogP contribution in [0, 0.1) is 0 Å². The summed E-state index contributed by atoms with van der Waals surface area (Å²) in [5.41, 5.74) is 0. The molecule has 5 nitrogen and oxygen atoms in total. The number of halogens is 3. The molecule has 19 heavy (non-hydrogen) atoms. The van der Waals surface area contributed by atoms with Crippen LogP contribution in [-0.2, 0) is 19.4 Å². The number of rotatable bonds is 4. The van der Waals surface area contributed by atoms with E-state index in [0.717, 1.165) is 0 Å². The van der Waals surface area contributed by atoms with Gasteiger partial charge in [-0.3, -0.25) is 0 Å². The van der Waals surface area contributed by atoms with Gasteiger partial charge in [0.1, 0.15) is 5.75 Å². The number of carbonyl (C=O) groups excluding carboxylic acids is 1. The minimum absolute atomic E-state index is 0.0866. The third-order valence-corrected chi connectivity index (χ3v) is 7.36. The lowest BCUT2D eigenvalue weighted by Gasteiger charge is -2.13. The second-order valence-corrected chi connectivity index (χ2v) is 13.7. The molecule has 0 amide bonds. The topological polar surface area (TPSA) is 69.7 Å². The van der Waals surface area contributed by atoms with E-state index in [-0.39, 0.29) is 11.5 Å². The molecule has 106 valence electrons. The van der Waals surface area contributed by atoms with E-state index in [2.05, 4.69) is 52.5 Å². The van der Waals surface area contributed by atoms with E-state index < -0.39 is 17.3 Å². The lowest BCUT2D eigenvalue weighted by atomic mass is 10.3. The van der Waals surface area contributed by atoms with E-state index >= 15 is 0 Å². The lowest BCUT2D eigenvalue weighted by molar-refractivity contribution is -0.142. The molecular weight excluding hydrogens is 472 g/mol. The van der Waals surface area contributed by atoms with Crippen molar-refractivity contribution in [3.05, 3.63) is 24.3 Å². The van der Waals surface area contributed by atoms with Crippen molar-refractivity contribution in [2.24, 2.45) is 0 Å². The summed E-state index contributed by atoms with van der Waals surface area (Å²) in [4.78, 5) is 11.0. The predicted octanol–water partition coefficient (Wildman–Crippen LogP) is 2.81. The third-order valence-electron chi connectivity index (χ3n) is 2.02. The summed E-state index contributed by atoms with van der Waals surface area (Å²) >= 11 is 8.90. The number of esters is 1. The average Bonchev–Trinajstić information content (AvgIpc) is 2.35. The Morgan fingerprint density at radius 2 is 1.74 bits per heavy atom. The molecule has 0 atom stereocenters. The van der Waals surface area contributed by atoms with Gasteiger partial charge in [0.15, 0.2) is 6.61 Å². The van der Waals surface area contributed by atoms with E-state index in [1.807, 2.05) is 0 Å². The summed E-state index contributed by atoms with van der Waals surface area (Å²) in [5.74, 6) is -0.147. The van der Waals surface area contributed by atoms with Crippen LogP contribution in [0.3, 0.4) is 0 Å². The van der Waals surface area contributed by atoms with Gasteiger partial charge in [-0.25, -0.2) is 13.2 Å². The Bertz CT molecular complexity index is 548. The second kappa shape index (κ2) is 6.55. The molecule has 0 aromatic heterocycles. The fourth-order valence-electron chi connectivity index (χ4n) is 1.05. The van der Waals surface area contributed by atoms with Gasteiger partial charge in [-0.05, 0) is 72.1 Å². The maximum absolute atomic E-state index is 12.0. The van der Waals surface area contributed by atoms with Crippen LogP contribution in [0.4, 0.5) is 0 Å². The molecule has 0 radical (unpaired) electrons. The van der Waals surface area contributed by atoms with Crippen LogP contribution in [0.1, 0.15) is 0 Å². The number of alkyl halides is 3. The van der Waals surface area contributed by atoms with E-state index in [1.54, 1.807) is 0 Å². The molecule has 0 fully saturated rings. The van der Waals surface area contributed by atoms with Crippen LogP contribution < -0.4 is 4.74 Å². The molecule has 0 heterocycles. The van der Waals surface area contributed by atoms with E-state index in [4.69, 9.17) is 4.74 Å². The Labute approximate surface area is 136 Å². The Kier molecular flexibility index (Phi) is 5.84. The van der Waals surface area contributed by atoms with Crippen molar-refractivity contribution >= 4 is 63.6 Å². The van der Waals surface area contributed by atoms with Crippen LogP contribution in [0.25, 0.3) is 0 Å². The fourth-order valence-corrected chi connectivity index (χ4v) is 3.49. The largest absolute Gasteiger partial charge is 0.482 e. The number of benzene rings is 1. The minimum atomic E-state index is -3.63. The third kappa shape index (κ3) is 4.44. The number of carbonyl (C=O) groups is 1. The first-order valence-electron chi connectivity index (χ1n) is 4.79. The summed E-state index contributed by atoms with van der Waals surface area (Å²) < 4.78 is 32.1. The summed E-state index contributed by atoms with van der Waals surface area (Å²) in [6.07, 6.45) is 0. The maximum atomic E-state index is 12.0. The van der Waals surface area contributed by atoms with Crippen LogP contribution in [0.2, 0.25) is 0 Å². The molecule has 0 spiro atoms.